The van der Waals surface area contributed by atoms with Crippen molar-refractivity contribution in [1.29, 1.82) is 0 Å². The van der Waals surface area contributed by atoms with Gasteiger partial charge in [0.15, 0.2) is 5.60 Å². The molecule has 7 heteroatoms. The van der Waals surface area contributed by atoms with E-state index in [9.17, 15) is 9.59 Å². The van der Waals surface area contributed by atoms with Gasteiger partial charge in [-0.15, -0.1) is 11.3 Å². The van der Waals surface area contributed by atoms with E-state index in [0.29, 0.717) is 5.69 Å². The highest BCUT2D eigenvalue weighted by Gasteiger charge is 2.31. The number of ether oxygens (including phenoxy) is 1. The van der Waals surface area contributed by atoms with Gasteiger partial charge in [0.1, 0.15) is 5.01 Å². The summed E-state index contributed by atoms with van der Waals surface area (Å²) in [4.78, 5) is 33.3. The Balaban J connectivity index is 1.89. The molecule has 128 valence electrons. The molecule has 0 atom stereocenters. The fraction of sp³-hybridized carbons (Fsp3) is 0.353. The Morgan fingerprint density at radius 2 is 1.96 bits per heavy atom. The van der Waals surface area contributed by atoms with Crippen LogP contribution in [0.2, 0.25) is 0 Å². The summed E-state index contributed by atoms with van der Waals surface area (Å²) in [7, 11) is 0. The van der Waals surface area contributed by atoms with Crippen molar-refractivity contribution < 1.29 is 19.2 Å². The van der Waals surface area contributed by atoms with Gasteiger partial charge < -0.3 is 4.74 Å². The van der Waals surface area contributed by atoms with E-state index in [-0.39, 0.29) is 18.9 Å². The molecular weight excluding hydrogens is 328 g/mol. The maximum atomic E-state index is 12.0. The summed E-state index contributed by atoms with van der Waals surface area (Å²) in [5, 5.41) is 2.68. The summed E-state index contributed by atoms with van der Waals surface area (Å²) in [6, 6.07) is 9.75. The van der Waals surface area contributed by atoms with Crippen molar-refractivity contribution in [3.05, 3.63) is 41.4 Å². The lowest BCUT2D eigenvalue weighted by atomic mass is 10.1. The van der Waals surface area contributed by atoms with Gasteiger partial charge in [-0.2, -0.15) is 0 Å². The highest BCUT2D eigenvalue weighted by Crippen LogP contribution is 2.23. The number of hydroxylamine groups is 1. The molecule has 0 saturated heterocycles. The molecule has 0 fully saturated rings. The number of carbonyl (C=O) groups excluding carboxylic acids is 2. The summed E-state index contributed by atoms with van der Waals surface area (Å²) in [5.74, 6) is -0.914. The quantitative estimate of drug-likeness (QED) is 0.615. The van der Waals surface area contributed by atoms with E-state index >= 15 is 0 Å². The van der Waals surface area contributed by atoms with E-state index in [2.05, 4.69) is 10.5 Å². The normalized spacial score (nSPS) is 11.1. The average molecular weight is 348 g/mol. The van der Waals surface area contributed by atoms with E-state index in [1.54, 1.807) is 6.92 Å². The van der Waals surface area contributed by atoms with E-state index in [0.717, 1.165) is 10.6 Å². The predicted molar refractivity (Wildman–Crippen MR) is 91.2 cm³/mol. The minimum absolute atomic E-state index is 0.0717. The van der Waals surface area contributed by atoms with Gasteiger partial charge in [0.2, 0.25) is 5.91 Å². The second-order valence-corrected chi connectivity index (χ2v) is 6.40. The molecule has 1 amide bonds. The molecule has 2 aromatic rings. The third kappa shape index (κ3) is 4.87. The highest BCUT2D eigenvalue weighted by atomic mass is 32.1. The number of nitrogens with zero attached hydrogens (tertiary/aromatic N) is 1. The number of aromatic nitrogens is 1. The molecule has 0 aliphatic rings. The maximum absolute atomic E-state index is 12.0. The van der Waals surface area contributed by atoms with Crippen LogP contribution < -0.4 is 5.48 Å². The lowest BCUT2D eigenvalue weighted by Crippen LogP contribution is -2.43. The lowest BCUT2D eigenvalue weighted by molar-refractivity contribution is -0.179. The first-order chi connectivity index (χ1) is 11.4. The van der Waals surface area contributed by atoms with Crippen LogP contribution in [0.15, 0.2) is 35.7 Å². The van der Waals surface area contributed by atoms with Crippen LogP contribution in [0.25, 0.3) is 10.6 Å². The summed E-state index contributed by atoms with van der Waals surface area (Å²) >= 11 is 1.47. The number of carbonyl (C=O) groups is 2. The Morgan fingerprint density at radius 3 is 2.62 bits per heavy atom. The van der Waals surface area contributed by atoms with E-state index < -0.39 is 11.6 Å². The fourth-order valence-electron chi connectivity index (χ4n) is 1.83. The van der Waals surface area contributed by atoms with E-state index in [1.807, 2.05) is 35.7 Å². The van der Waals surface area contributed by atoms with Crippen molar-refractivity contribution in [2.24, 2.45) is 0 Å². The molecule has 0 bridgehead atoms. The van der Waals surface area contributed by atoms with Gasteiger partial charge in [-0.3, -0.25) is 9.63 Å². The number of nitrogens with one attached hydrogen (secondary N) is 1. The Labute approximate surface area is 144 Å². The Kier molecular flexibility index (Phi) is 6.05. The molecule has 1 aromatic heterocycles. The minimum atomic E-state index is -1.25. The molecule has 0 spiro atoms. The first-order valence-electron chi connectivity index (χ1n) is 7.56. The molecule has 1 aromatic carbocycles. The van der Waals surface area contributed by atoms with Crippen LogP contribution in [0.5, 0.6) is 0 Å². The number of rotatable bonds is 7. The maximum Gasteiger partial charge on any atom is 0.340 e. The molecule has 2 rings (SSSR count). The van der Waals surface area contributed by atoms with E-state index in [1.165, 1.54) is 25.2 Å². The molecule has 1 heterocycles. The van der Waals surface area contributed by atoms with Crippen LogP contribution in [0.3, 0.4) is 0 Å². The van der Waals surface area contributed by atoms with Crippen LogP contribution in [-0.4, -0.2) is 29.1 Å². The van der Waals surface area contributed by atoms with Gasteiger partial charge in [-0.1, -0.05) is 30.3 Å². The third-order valence-electron chi connectivity index (χ3n) is 3.10. The van der Waals surface area contributed by atoms with Crippen LogP contribution in [-0.2, 0) is 25.6 Å². The van der Waals surface area contributed by atoms with Crippen LogP contribution in [0, 0.1) is 0 Å². The number of esters is 1. The summed E-state index contributed by atoms with van der Waals surface area (Å²) in [6.07, 6.45) is 0.0717. The molecule has 0 unspecified atom stereocenters. The van der Waals surface area contributed by atoms with Crippen molar-refractivity contribution in [2.45, 2.75) is 32.8 Å². The largest absolute Gasteiger partial charge is 0.464 e. The van der Waals surface area contributed by atoms with Crippen molar-refractivity contribution in [1.82, 2.24) is 10.5 Å². The first kappa shape index (κ1) is 18.1. The first-order valence-corrected chi connectivity index (χ1v) is 8.44. The zero-order valence-corrected chi connectivity index (χ0v) is 14.7. The van der Waals surface area contributed by atoms with Crippen molar-refractivity contribution >= 4 is 23.2 Å². The van der Waals surface area contributed by atoms with Crippen LogP contribution in [0.4, 0.5) is 0 Å². The molecule has 0 saturated carbocycles. The fourth-order valence-corrected chi connectivity index (χ4v) is 2.66. The van der Waals surface area contributed by atoms with E-state index in [4.69, 9.17) is 9.57 Å². The van der Waals surface area contributed by atoms with Crippen LogP contribution >= 0.6 is 11.3 Å². The molecule has 24 heavy (non-hydrogen) atoms. The monoisotopic (exact) mass is 348 g/mol. The highest BCUT2D eigenvalue weighted by molar-refractivity contribution is 7.13. The zero-order valence-electron chi connectivity index (χ0n) is 13.9. The molecule has 0 aliphatic heterocycles. The third-order valence-corrected chi connectivity index (χ3v) is 4.04. The lowest BCUT2D eigenvalue weighted by Gasteiger charge is -2.22. The van der Waals surface area contributed by atoms with Gasteiger partial charge in [-0.05, 0) is 20.8 Å². The van der Waals surface area contributed by atoms with Crippen molar-refractivity contribution in [2.75, 3.05) is 6.61 Å². The average Bonchev–Trinajstić information content (AvgIpc) is 3.02. The van der Waals surface area contributed by atoms with Crippen molar-refractivity contribution in [3.63, 3.8) is 0 Å². The van der Waals surface area contributed by atoms with Gasteiger partial charge in [0.05, 0.1) is 18.7 Å². The Morgan fingerprint density at radius 1 is 1.25 bits per heavy atom. The number of hydrogen-bond donors (Lipinski definition) is 1. The SMILES string of the molecule is CCOC(=O)C(C)(C)ONC(=O)Cc1csc(-c2ccccc2)n1. The zero-order chi connectivity index (χ0) is 17.6. The Bertz CT molecular complexity index is 698. The number of hydrogen-bond acceptors (Lipinski definition) is 6. The second-order valence-electron chi connectivity index (χ2n) is 5.54. The standard InChI is InChI=1S/C17H20N2O4S/c1-4-22-16(21)17(2,3)23-19-14(20)10-13-11-24-15(18-13)12-8-6-5-7-9-12/h5-9,11H,4,10H2,1-3H3,(H,19,20). The Hall–Kier alpha value is -2.25. The second kappa shape index (κ2) is 8.03. The number of amides is 1. The molecular formula is C17H20N2O4S. The molecule has 0 aliphatic carbocycles. The minimum Gasteiger partial charge on any atom is -0.464 e. The van der Waals surface area contributed by atoms with Crippen molar-refractivity contribution in [3.8, 4) is 10.6 Å². The smallest absolute Gasteiger partial charge is 0.340 e. The van der Waals surface area contributed by atoms with Gasteiger partial charge >= 0.3 is 5.97 Å². The molecule has 1 N–H and O–H groups in total. The van der Waals surface area contributed by atoms with Gasteiger partial charge in [-0.25, -0.2) is 15.3 Å². The summed E-state index contributed by atoms with van der Waals surface area (Å²) in [5.41, 5.74) is 2.69. The number of thiazole rings is 1. The molecule has 6 nitrogen and oxygen atoms in total. The summed E-state index contributed by atoms with van der Waals surface area (Å²) < 4.78 is 4.88. The number of benzene rings is 1. The van der Waals surface area contributed by atoms with Gasteiger partial charge in [0, 0.05) is 10.9 Å². The summed E-state index contributed by atoms with van der Waals surface area (Å²) in [6.45, 7) is 5.02. The predicted octanol–water partition coefficient (Wildman–Crippen LogP) is 2.74. The van der Waals surface area contributed by atoms with Gasteiger partial charge in [0.25, 0.3) is 0 Å². The van der Waals surface area contributed by atoms with Crippen LogP contribution in [0.1, 0.15) is 26.5 Å². The topological polar surface area (TPSA) is 77.5 Å². The molecule has 0 radical (unpaired) electrons.